The van der Waals surface area contributed by atoms with Gasteiger partial charge < -0.3 is 4.42 Å². The van der Waals surface area contributed by atoms with E-state index < -0.39 is 0 Å². The van der Waals surface area contributed by atoms with Crippen LogP contribution in [0.15, 0.2) is 58.2 Å². The summed E-state index contributed by atoms with van der Waals surface area (Å²) < 4.78 is 5.79. The van der Waals surface area contributed by atoms with Gasteiger partial charge in [0.25, 0.3) is 5.22 Å². The molecule has 0 bridgehead atoms. The predicted octanol–water partition coefficient (Wildman–Crippen LogP) is 5.63. The fourth-order valence-electron chi connectivity index (χ4n) is 2.44. The molecule has 0 spiro atoms. The zero-order valence-corrected chi connectivity index (χ0v) is 15.4. The monoisotopic (exact) mass is 338 g/mol. The Kier molecular flexibility index (Phi) is 4.76. The van der Waals surface area contributed by atoms with Crippen molar-refractivity contribution in [1.82, 2.24) is 10.2 Å². The second kappa shape index (κ2) is 6.81. The van der Waals surface area contributed by atoms with Gasteiger partial charge in [0.2, 0.25) is 5.89 Å². The summed E-state index contributed by atoms with van der Waals surface area (Å²) in [5.74, 6) is 1.40. The summed E-state index contributed by atoms with van der Waals surface area (Å²) >= 11 is 1.57. The first-order chi connectivity index (χ1) is 11.4. The SMILES string of the molecule is Cc1ccccc1-c1nnc(SCc2ccc(C(C)(C)C)cc2)o1. The van der Waals surface area contributed by atoms with Crippen LogP contribution in [-0.2, 0) is 11.2 Å². The molecule has 0 radical (unpaired) electrons. The molecule has 0 aliphatic rings. The number of nitrogens with zero attached hydrogens (tertiary/aromatic N) is 2. The molecule has 0 amide bonds. The van der Waals surface area contributed by atoms with E-state index in [0.29, 0.717) is 11.1 Å². The highest BCUT2D eigenvalue weighted by molar-refractivity contribution is 7.98. The predicted molar refractivity (Wildman–Crippen MR) is 99.2 cm³/mol. The normalized spacial score (nSPS) is 11.7. The third kappa shape index (κ3) is 3.88. The van der Waals surface area contributed by atoms with E-state index in [0.717, 1.165) is 16.9 Å². The quantitative estimate of drug-likeness (QED) is 0.577. The summed E-state index contributed by atoms with van der Waals surface area (Å²) in [6, 6.07) is 16.8. The molecule has 0 aliphatic heterocycles. The van der Waals surface area contributed by atoms with E-state index in [1.54, 1.807) is 11.8 Å². The van der Waals surface area contributed by atoms with Crippen molar-refractivity contribution in [3.05, 3.63) is 65.2 Å². The molecule has 1 heterocycles. The molecule has 24 heavy (non-hydrogen) atoms. The maximum atomic E-state index is 5.79. The summed E-state index contributed by atoms with van der Waals surface area (Å²) in [6.07, 6.45) is 0. The molecular weight excluding hydrogens is 316 g/mol. The third-order valence-electron chi connectivity index (χ3n) is 3.96. The van der Waals surface area contributed by atoms with Gasteiger partial charge in [0.1, 0.15) is 0 Å². The van der Waals surface area contributed by atoms with E-state index in [1.807, 2.05) is 31.2 Å². The smallest absolute Gasteiger partial charge is 0.277 e. The molecule has 2 aromatic carbocycles. The van der Waals surface area contributed by atoms with Gasteiger partial charge in [-0.1, -0.05) is 75.0 Å². The third-order valence-corrected chi connectivity index (χ3v) is 4.85. The summed E-state index contributed by atoms with van der Waals surface area (Å²) in [6.45, 7) is 8.72. The van der Waals surface area contributed by atoms with Crippen LogP contribution in [0.3, 0.4) is 0 Å². The van der Waals surface area contributed by atoms with E-state index in [-0.39, 0.29) is 5.41 Å². The zero-order valence-electron chi connectivity index (χ0n) is 14.5. The topological polar surface area (TPSA) is 38.9 Å². The average molecular weight is 338 g/mol. The van der Waals surface area contributed by atoms with Gasteiger partial charge in [-0.2, -0.15) is 0 Å². The van der Waals surface area contributed by atoms with Crippen LogP contribution >= 0.6 is 11.8 Å². The minimum atomic E-state index is 0.181. The molecule has 0 saturated heterocycles. The van der Waals surface area contributed by atoms with Crippen molar-refractivity contribution in [2.45, 2.75) is 44.1 Å². The van der Waals surface area contributed by atoms with Crippen molar-refractivity contribution in [3.8, 4) is 11.5 Å². The number of hydrogen-bond donors (Lipinski definition) is 0. The molecule has 1 aromatic heterocycles. The lowest BCUT2D eigenvalue weighted by molar-refractivity contribution is 0.465. The molecular formula is C20H22N2OS. The Balaban J connectivity index is 1.67. The number of rotatable bonds is 4. The van der Waals surface area contributed by atoms with Crippen molar-refractivity contribution in [2.24, 2.45) is 0 Å². The maximum Gasteiger partial charge on any atom is 0.277 e. The Bertz CT molecular complexity index is 816. The van der Waals surface area contributed by atoms with E-state index in [2.05, 4.69) is 55.2 Å². The molecule has 124 valence electrons. The number of benzene rings is 2. The molecule has 3 rings (SSSR count). The Morgan fingerprint density at radius 3 is 2.33 bits per heavy atom. The molecule has 0 unspecified atom stereocenters. The maximum absolute atomic E-state index is 5.79. The van der Waals surface area contributed by atoms with Gasteiger partial charge in [0.05, 0.1) is 0 Å². The first-order valence-corrected chi connectivity index (χ1v) is 9.04. The van der Waals surface area contributed by atoms with E-state index in [1.165, 1.54) is 11.1 Å². The highest BCUT2D eigenvalue weighted by Crippen LogP contribution is 2.28. The molecule has 3 aromatic rings. The van der Waals surface area contributed by atoms with Crippen molar-refractivity contribution in [2.75, 3.05) is 0 Å². The van der Waals surface area contributed by atoms with Gasteiger partial charge in [-0.25, -0.2) is 0 Å². The number of hydrogen-bond acceptors (Lipinski definition) is 4. The Morgan fingerprint density at radius 1 is 0.958 bits per heavy atom. The lowest BCUT2D eigenvalue weighted by atomic mass is 9.87. The van der Waals surface area contributed by atoms with Crippen molar-refractivity contribution >= 4 is 11.8 Å². The fraction of sp³-hybridized carbons (Fsp3) is 0.300. The van der Waals surface area contributed by atoms with Crippen LogP contribution in [0.5, 0.6) is 0 Å². The van der Waals surface area contributed by atoms with Gasteiger partial charge >= 0.3 is 0 Å². The van der Waals surface area contributed by atoms with Crippen molar-refractivity contribution in [1.29, 1.82) is 0 Å². The van der Waals surface area contributed by atoms with E-state index in [4.69, 9.17) is 4.42 Å². The second-order valence-corrected chi connectivity index (χ2v) is 7.85. The summed E-state index contributed by atoms with van der Waals surface area (Å²) in [4.78, 5) is 0. The lowest BCUT2D eigenvalue weighted by Crippen LogP contribution is -2.10. The Morgan fingerprint density at radius 2 is 1.67 bits per heavy atom. The summed E-state index contributed by atoms with van der Waals surface area (Å²) in [5, 5.41) is 8.93. The van der Waals surface area contributed by atoms with Crippen LogP contribution in [0.4, 0.5) is 0 Å². The zero-order chi connectivity index (χ0) is 17.2. The lowest BCUT2D eigenvalue weighted by Gasteiger charge is -2.19. The molecule has 4 heteroatoms. The minimum Gasteiger partial charge on any atom is -0.411 e. The standard InChI is InChI=1S/C20H22N2OS/c1-14-7-5-6-8-17(14)18-21-22-19(23-18)24-13-15-9-11-16(12-10-15)20(2,3)4/h5-12H,13H2,1-4H3. The molecule has 0 fully saturated rings. The molecule has 0 N–H and O–H groups in total. The van der Waals surface area contributed by atoms with Crippen LogP contribution < -0.4 is 0 Å². The average Bonchev–Trinajstić information content (AvgIpc) is 3.02. The highest BCUT2D eigenvalue weighted by atomic mass is 32.2. The summed E-state index contributed by atoms with van der Waals surface area (Å²) in [7, 11) is 0. The van der Waals surface area contributed by atoms with Gasteiger partial charge in [0.15, 0.2) is 0 Å². The second-order valence-electron chi connectivity index (χ2n) is 6.92. The summed E-state index contributed by atoms with van der Waals surface area (Å²) in [5.41, 5.74) is 4.90. The number of thioether (sulfide) groups is 1. The van der Waals surface area contributed by atoms with Crippen LogP contribution in [0, 0.1) is 6.92 Å². The van der Waals surface area contributed by atoms with Gasteiger partial charge in [-0.05, 0) is 35.1 Å². The molecule has 0 saturated carbocycles. The van der Waals surface area contributed by atoms with Gasteiger partial charge in [0, 0.05) is 11.3 Å². The number of aryl methyl sites for hydroxylation is 1. The van der Waals surface area contributed by atoms with Crippen LogP contribution in [0.25, 0.3) is 11.5 Å². The first-order valence-electron chi connectivity index (χ1n) is 8.05. The van der Waals surface area contributed by atoms with E-state index in [9.17, 15) is 0 Å². The van der Waals surface area contributed by atoms with Crippen molar-refractivity contribution < 1.29 is 4.42 Å². The Hall–Kier alpha value is -2.07. The largest absolute Gasteiger partial charge is 0.411 e. The van der Waals surface area contributed by atoms with Crippen LogP contribution in [-0.4, -0.2) is 10.2 Å². The first kappa shape index (κ1) is 16.8. The minimum absolute atomic E-state index is 0.181. The van der Waals surface area contributed by atoms with Gasteiger partial charge in [-0.3, -0.25) is 0 Å². The highest BCUT2D eigenvalue weighted by Gasteiger charge is 2.14. The molecule has 0 atom stereocenters. The fourth-order valence-corrected chi connectivity index (χ4v) is 3.15. The Labute approximate surface area is 147 Å². The van der Waals surface area contributed by atoms with Crippen molar-refractivity contribution in [3.63, 3.8) is 0 Å². The molecule has 3 nitrogen and oxygen atoms in total. The van der Waals surface area contributed by atoms with Gasteiger partial charge in [-0.15, -0.1) is 10.2 Å². The van der Waals surface area contributed by atoms with Crippen LogP contribution in [0.1, 0.15) is 37.5 Å². The number of aromatic nitrogens is 2. The molecule has 0 aliphatic carbocycles. The van der Waals surface area contributed by atoms with Crippen LogP contribution in [0.2, 0.25) is 0 Å². The van der Waals surface area contributed by atoms with E-state index >= 15 is 0 Å².